The van der Waals surface area contributed by atoms with E-state index in [4.69, 9.17) is 47.4 Å². The molecule has 0 amide bonds. The minimum absolute atomic E-state index is 0.0418. The molecule has 0 aromatic carbocycles. The molecule has 0 aliphatic carbocycles. The lowest BCUT2D eigenvalue weighted by atomic mass is 9.97. The van der Waals surface area contributed by atoms with Gasteiger partial charge in [0.2, 0.25) is 0 Å². The van der Waals surface area contributed by atoms with Crippen LogP contribution in [-0.2, 0) is 47.4 Å². The Kier molecular flexibility index (Phi) is 18.4. The summed E-state index contributed by atoms with van der Waals surface area (Å²) >= 11 is 0. The summed E-state index contributed by atoms with van der Waals surface area (Å²) in [6.07, 6.45) is -31.9. The van der Waals surface area contributed by atoms with E-state index in [-0.39, 0.29) is 39.6 Å². The largest absolute Gasteiger partial charge is 0.394 e. The zero-order chi connectivity index (χ0) is 39.7. The number of hydrogen-bond donors (Lipinski definition) is 14. The van der Waals surface area contributed by atoms with Crippen LogP contribution in [0.5, 0.6) is 0 Å². The van der Waals surface area contributed by atoms with Crippen LogP contribution in [-0.4, -0.2) is 260 Å². The minimum atomic E-state index is -1.82. The topological polar surface area (TPSA) is 376 Å². The van der Waals surface area contributed by atoms with E-state index in [2.05, 4.69) is 0 Å². The lowest BCUT2D eigenvalue weighted by Crippen LogP contribution is -2.64. The SMILES string of the molecule is OC[C@H]1OC(O[C@H]2[C@@H](O)[C@@H](CO)OC(OCCOCCOCCOC3O[C@H](CO)[C@H](O)[C@H](OC4O[C@H](CO)[C@H](O)[C@H](O)[C@H]4O)[C@H]3O)[C@@H]2O)[C@H](O)[C@@H](O)[C@H]1O. The molecule has 14 N–H and O–H groups in total. The smallest absolute Gasteiger partial charge is 0.187 e. The molecule has 4 rings (SSSR count). The normalized spacial score (nSPS) is 46.1. The van der Waals surface area contributed by atoms with Gasteiger partial charge in [-0.1, -0.05) is 0 Å². The second kappa shape index (κ2) is 21.7. The summed E-state index contributed by atoms with van der Waals surface area (Å²) in [6, 6.07) is 0. The summed E-state index contributed by atoms with van der Waals surface area (Å²) in [6.45, 7) is -3.21. The van der Waals surface area contributed by atoms with Crippen molar-refractivity contribution in [3.05, 3.63) is 0 Å². The summed E-state index contributed by atoms with van der Waals surface area (Å²) in [5, 5.41) is 141. The van der Waals surface area contributed by atoms with Crippen LogP contribution in [0.2, 0.25) is 0 Å². The Morgan fingerprint density at radius 1 is 0.315 bits per heavy atom. The number of rotatable bonds is 19. The van der Waals surface area contributed by atoms with E-state index in [1.54, 1.807) is 0 Å². The van der Waals surface area contributed by atoms with E-state index in [1.165, 1.54) is 0 Å². The van der Waals surface area contributed by atoms with Crippen molar-refractivity contribution in [2.75, 3.05) is 66.1 Å². The van der Waals surface area contributed by atoms with Gasteiger partial charge in [0.25, 0.3) is 0 Å². The van der Waals surface area contributed by atoms with Gasteiger partial charge in [0, 0.05) is 0 Å². The average Bonchev–Trinajstić information content (AvgIpc) is 3.16. The van der Waals surface area contributed by atoms with Gasteiger partial charge in [-0.2, -0.15) is 0 Å². The third-order valence-electron chi connectivity index (χ3n) is 9.31. The molecule has 24 heteroatoms. The Morgan fingerprint density at radius 3 is 0.944 bits per heavy atom. The predicted octanol–water partition coefficient (Wildman–Crippen LogP) is -9.70. The Balaban J connectivity index is 1.15. The van der Waals surface area contributed by atoms with Gasteiger partial charge in [-0.15, -0.1) is 0 Å². The highest BCUT2D eigenvalue weighted by molar-refractivity contribution is 4.95. The zero-order valence-electron chi connectivity index (χ0n) is 29.0. The molecule has 4 heterocycles. The molecule has 0 saturated carbocycles. The molecular weight excluding hydrogens is 744 g/mol. The van der Waals surface area contributed by atoms with Gasteiger partial charge in [0.15, 0.2) is 25.2 Å². The maximum absolute atomic E-state index is 10.8. The van der Waals surface area contributed by atoms with E-state index in [9.17, 15) is 71.5 Å². The highest BCUT2D eigenvalue weighted by Crippen LogP contribution is 2.31. The number of ether oxygens (including phenoxy) is 10. The first-order chi connectivity index (χ1) is 25.8. The van der Waals surface area contributed by atoms with Gasteiger partial charge in [-0.05, 0) is 0 Å². The summed E-state index contributed by atoms with van der Waals surface area (Å²) in [4.78, 5) is 0. The quantitative estimate of drug-likeness (QED) is 0.0539. The Labute approximate surface area is 308 Å². The first-order valence-corrected chi connectivity index (χ1v) is 17.3. The highest BCUT2D eigenvalue weighted by Gasteiger charge is 2.52. The van der Waals surface area contributed by atoms with Gasteiger partial charge in [0.1, 0.15) is 97.7 Å². The van der Waals surface area contributed by atoms with Crippen LogP contribution in [0.4, 0.5) is 0 Å². The van der Waals surface area contributed by atoms with Gasteiger partial charge in [-0.25, -0.2) is 0 Å². The highest BCUT2D eigenvalue weighted by atomic mass is 16.8. The van der Waals surface area contributed by atoms with Gasteiger partial charge in [-0.3, -0.25) is 0 Å². The molecule has 0 radical (unpaired) electrons. The first-order valence-electron chi connectivity index (χ1n) is 17.3. The van der Waals surface area contributed by atoms with Crippen LogP contribution in [0.15, 0.2) is 0 Å². The minimum Gasteiger partial charge on any atom is -0.394 e. The summed E-state index contributed by atoms with van der Waals surface area (Å²) in [7, 11) is 0. The maximum Gasteiger partial charge on any atom is 0.187 e. The van der Waals surface area contributed by atoms with Crippen molar-refractivity contribution in [3.63, 3.8) is 0 Å². The molecular formula is C30H54O24. The molecule has 4 aliphatic heterocycles. The van der Waals surface area contributed by atoms with E-state index in [0.717, 1.165) is 0 Å². The van der Waals surface area contributed by atoms with Crippen molar-refractivity contribution >= 4 is 0 Å². The molecule has 4 unspecified atom stereocenters. The summed E-state index contributed by atoms with van der Waals surface area (Å²) in [5.74, 6) is 0. The number of aliphatic hydroxyl groups excluding tert-OH is 14. The molecule has 0 bridgehead atoms. The Bertz CT molecular complexity index is 981. The van der Waals surface area contributed by atoms with Crippen molar-refractivity contribution < 1.29 is 119 Å². The monoisotopic (exact) mass is 798 g/mol. The summed E-state index contributed by atoms with van der Waals surface area (Å²) < 4.78 is 54.3. The van der Waals surface area contributed by atoms with Crippen LogP contribution < -0.4 is 0 Å². The second-order valence-electron chi connectivity index (χ2n) is 13.0. The molecule has 0 spiro atoms. The standard InChI is InChI=1S/C30H54O24/c31-7-11-15(35)19(39)21(41)29(51-11)53-25-17(37)13(9-33)49-27(23(25)43)47-5-3-45-1-2-46-4-6-48-28-24(44)26(18(38)14(10-34)50-28)54-30-22(42)20(40)16(36)12(8-32)52-30/h11-44H,1-10H2/t11-,12-,13-,14-,15+,16+,17+,18+,19+,20+,21-,22-,23-,24-,25+,26+,27?,28?,29?,30?/m1/s1. The maximum atomic E-state index is 10.8. The first kappa shape index (κ1) is 45.7. The molecule has 4 aliphatic rings. The van der Waals surface area contributed by atoms with Crippen LogP contribution in [0.1, 0.15) is 0 Å². The van der Waals surface area contributed by atoms with E-state index < -0.39 is 149 Å². The molecule has 20 atom stereocenters. The molecule has 24 nitrogen and oxygen atoms in total. The van der Waals surface area contributed by atoms with Crippen molar-refractivity contribution in [3.8, 4) is 0 Å². The molecule has 0 aromatic rings. The number of aliphatic hydroxyl groups is 14. The van der Waals surface area contributed by atoms with Crippen molar-refractivity contribution in [1.82, 2.24) is 0 Å². The van der Waals surface area contributed by atoms with E-state index in [1.807, 2.05) is 0 Å². The van der Waals surface area contributed by atoms with Gasteiger partial charge >= 0.3 is 0 Å². The van der Waals surface area contributed by atoms with E-state index in [0.29, 0.717) is 0 Å². The van der Waals surface area contributed by atoms with E-state index >= 15 is 0 Å². The Hall–Kier alpha value is -0.960. The second-order valence-corrected chi connectivity index (χ2v) is 13.0. The van der Waals surface area contributed by atoms with Crippen LogP contribution in [0.25, 0.3) is 0 Å². The van der Waals surface area contributed by atoms with Crippen molar-refractivity contribution in [1.29, 1.82) is 0 Å². The Morgan fingerprint density at radius 2 is 0.611 bits per heavy atom. The molecule has 4 saturated heterocycles. The van der Waals surface area contributed by atoms with Crippen LogP contribution in [0, 0.1) is 0 Å². The third kappa shape index (κ3) is 10.9. The van der Waals surface area contributed by atoms with Crippen LogP contribution in [0.3, 0.4) is 0 Å². The molecule has 318 valence electrons. The fourth-order valence-corrected chi connectivity index (χ4v) is 6.14. The fraction of sp³-hybridized carbons (Fsp3) is 1.00. The predicted molar refractivity (Wildman–Crippen MR) is 166 cm³/mol. The molecule has 0 aromatic heterocycles. The molecule has 4 fully saturated rings. The van der Waals surface area contributed by atoms with Crippen molar-refractivity contribution in [2.24, 2.45) is 0 Å². The zero-order valence-corrected chi connectivity index (χ0v) is 29.0. The number of hydrogen-bond acceptors (Lipinski definition) is 24. The third-order valence-corrected chi connectivity index (χ3v) is 9.31. The fourth-order valence-electron chi connectivity index (χ4n) is 6.14. The average molecular weight is 799 g/mol. The van der Waals surface area contributed by atoms with Gasteiger partial charge < -0.3 is 119 Å². The lowest BCUT2D eigenvalue weighted by Gasteiger charge is -2.45. The summed E-state index contributed by atoms with van der Waals surface area (Å²) in [5.41, 5.74) is 0. The molecule has 54 heavy (non-hydrogen) atoms. The lowest BCUT2D eigenvalue weighted by molar-refractivity contribution is -0.360. The van der Waals surface area contributed by atoms with Gasteiger partial charge in [0.05, 0.1) is 66.1 Å². The van der Waals surface area contributed by atoms with Crippen LogP contribution >= 0.6 is 0 Å². The van der Waals surface area contributed by atoms with Crippen molar-refractivity contribution in [2.45, 2.75) is 123 Å².